The fraction of sp³-hybridized carbons (Fsp3) is 0.611. The molecule has 0 radical (unpaired) electrons. The number of benzene rings is 1. The second-order valence-corrected chi connectivity index (χ2v) is 7.82. The van der Waals surface area contributed by atoms with Gasteiger partial charge in [0.2, 0.25) is 5.91 Å². The first-order valence-corrected chi connectivity index (χ1v) is 9.51. The molecule has 2 heterocycles. The second-order valence-electron chi connectivity index (χ2n) is 6.67. The fourth-order valence-corrected chi connectivity index (χ4v) is 4.50. The van der Waals surface area contributed by atoms with Crippen LogP contribution in [0.2, 0.25) is 0 Å². The third-order valence-electron chi connectivity index (χ3n) is 4.66. The molecule has 1 fully saturated rings. The maximum atomic E-state index is 12.1. The van der Waals surface area contributed by atoms with E-state index in [1.54, 1.807) is 0 Å². The van der Waals surface area contributed by atoms with Crippen LogP contribution in [-0.2, 0) is 11.2 Å². The largest absolute Gasteiger partial charge is 0.341 e. The molecule has 1 aromatic rings. The van der Waals surface area contributed by atoms with E-state index in [9.17, 15) is 4.79 Å². The lowest BCUT2D eigenvalue weighted by atomic mass is 9.99. The number of carbonyl (C=O) groups excluding carboxylic acids is 1. The summed E-state index contributed by atoms with van der Waals surface area (Å²) < 4.78 is 0. The van der Waals surface area contributed by atoms with E-state index < -0.39 is 0 Å². The van der Waals surface area contributed by atoms with Crippen molar-refractivity contribution in [2.45, 2.75) is 38.8 Å². The number of amides is 1. The van der Waals surface area contributed by atoms with Gasteiger partial charge in [-0.3, -0.25) is 4.79 Å². The third-order valence-corrected chi connectivity index (χ3v) is 5.72. The van der Waals surface area contributed by atoms with Crippen molar-refractivity contribution in [2.24, 2.45) is 5.92 Å². The molecule has 0 saturated carbocycles. The van der Waals surface area contributed by atoms with Crippen LogP contribution in [-0.4, -0.2) is 41.4 Å². The molecule has 1 saturated heterocycles. The number of nitrogens with zero attached hydrogens (tertiary/aromatic N) is 1. The Labute approximate surface area is 137 Å². The molecule has 2 aliphatic heterocycles. The molecule has 2 atom stereocenters. The fourth-order valence-electron chi connectivity index (χ4n) is 3.46. The van der Waals surface area contributed by atoms with Crippen LogP contribution in [0.15, 0.2) is 24.3 Å². The molecule has 0 bridgehead atoms. The Morgan fingerprint density at radius 1 is 1.36 bits per heavy atom. The highest BCUT2D eigenvalue weighted by Gasteiger charge is 2.30. The number of aryl methyl sites for hydroxylation is 1. The van der Waals surface area contributed by atoms with Gasteiger partial charge in [-0.15, -0.1) is 0 Å². The average molecular weight is 318 g/mol. The molecule has 3 nitrogen and oxygen atoms in total. The van der Waals surface area contributed by atoms with Gasteiger partial charge in [-0.2, -0.15) is 11.8 Å². The predicted octanol–water partition coefficient (Wildman–Crippen LogP) is 2.86. The summed E-state index contributed by atoms with van der Waals surface area (Å²) in [6.45, 7) is 5.74. The number of hydrogen-bond donors (Lipinski definition) is 1. The van der Waals surface area contributed by atoms with Crippen molar-refractivity contribution < 1.29 is 4.79 Å². The molecular formula is C18H26N2OS. The van der Waals surface area contributed by atoms with Crippen molar-refractivity contribution in [3.05, 3.63) is 35.4 Å². The zero-order chi connectivity index (χ0) is 15.5. The van der Waals surface area contributed by atoms with Crippen LogP contribution in [0.4, 0.5) is 0 Å². The van der Waals surface area contributed by atoms with Crippen LogP contribution < -0.4 is 5.32 Å². The average Bonchev–Trinajstić information content (AvgIpc) is 2.88. The Balaban J connectivity index is 1.65. The summed E-state index contributed by atoms with van der Waals surface area (Å²) in [5, 5.41) is 3.82. The van der Waals surface area contributed by atoms with Gasteiger partial charge in [-0.05, 0) is 29.7 Å². The topological polar surface area (TPSA) is 32.3 Å². The molecule has 1 aromatic carbocycles. The normalized spacial score (nSPS) is 25.1. The molecule has 120 valence electrons. The summed E-state index contributed by atoms with van der Waals surface area (Å²) >= 11 is 2.03. The molecule has 1 amide bonds. The lowest BCUT2D eigenvalue weighted by molar-refractivity contribution is -0.133. The SMILES string of the molecule is CC(C)C(=O)N1CC[C@@H](N[C@@H]2CSCCc3ccccc32)C1. The van der Waals surface area contributed by atoms with E-state index in [-0.39, 0.29) is 5.92 Å². The number of thioether (sulfide) groups is 1. The van der Waals surface area contributed by atoms with Crippen molar-refractivity contribution in [3.8, 4) is 0 Å². The quantitative estimate of drug-likeness (QED) is 0.930. The van der Waals surface area contributed by atoms with Crippen molar-refractivity contribution in [3.63, 3.8) is 0 Å². The van der Waals surface area contributed by atoms with Crippen molar-refractivity contribution in [2.75, 3.05) is 24.6 Å². The number of hydrogen-bond acceptors (Lipinski definition) is 3. The zero-order valence-corrected chi connectivity index (χ0v) is 14.4. The molecule has 0 unspecified atom stereocenters. The Kier molecular flexibility index (Phi) is 5.09. The van der Waals surface area contributed by atoms with Crippen LogP contribution in [0.3, 0.4) is 0 Å². The van der Waals surface area contributed by atoms with Crippen molar-refractivity contribution in [1.82, 2.24) is 10.2 Å². The molecule has 2 aliphatic rings. The minimum atomic E-state index is 0.105. The molecule has 1 N–H and O–H groups in total. The number of carbonyl (C=O) groups is 1. The van der Waals surface area contributed by atoms with Crippen molar-refractivity contribution in [1.29, 1.82) is 0 Å². The van der Waals surface area contributed by atoms with Gasteiger partial charge in [0.15, 0.2) is 0 Å². The Morgan fingerprint density at radius 2 is 2.18 bits per heavy atom. The van der Waals surface area contributed by atoms with Gasteiger partial charge < -0.3 is 10.2 Å². The van der Waals surface area contributed by atoms with E-state index in [1.165, 1.54) is 23.3 Å². The number of rotatable bonds is 3. The smallest absolute Gasteiger partial charge is 0.225 e. The van der Waals surface area contributed by atoms with Gasteiger partial charge >= 0.3 is 0 Å². The van der Waals surface area contributed by atoms with Gasteiger partial charge in [0.05, 0.1) is 0 Å². The van der Waals surface area contributed by atoms with E-state index in [1.807, 2.05) is 30.5 Å². The monoisotopic (exact) mass is 318 g/mol. The van der Waals surface area contributed by atoms with Crippen molar-refractivity contribution >= 4 is 17.7 Å². The predicted molar refractivity (Wildman–Crippen MR) is 93.2 cm³/mol. The number of nitrogens with one attached hydrogen (secondary N) is 1. The molecular weight excluding hydrogens is 292 g/mol. The highest BCUT2D eigenvalue weighted by Crippen LogP contribution is 2.28. The summed E-state index contributed by atoms with van der Waals surface area (Å²) in [4.78, 5) is 14.2. The third kappa shape index (κ3) is 3.49. The summed E-state index contributed by atoms with van der Waals surface area (Å²) in [5.74, 6) is 2.73. The van der Waals surface area contributed by atoms with E-state index in [4.69, 9.17) is 0 Å². The molecule has 4 heteroatoms. The first kappa shape index (κ1) is 15.9. The minimum absolute atomic E-state index is 0.105. The maximum Gasteiger partial charge on any atom is 0.225 e. The Bertz CT molecular complexity index is 532. The highest BCUT2D eigenvalue weighted by atomic mass is 32.2. The summed E-state index contributed by atoms with van der Waals surface area (Å²) in [6.07, 6.45) is 2.24. The summed E-state index contributed by atoms with van der Waals surface area (Å²) in [6, 6.07) is 9.67. The van der Waals surface area contributed by atoms with E-state index in [2.05, 4.69) is 29.6 Å². The zero-order valence-electron chi connectivity index (χ0n) is 13.5. The Morgan fingerprint density at radius 3 is 3.00 bits per heavy atom. The van der Waals surface area contributed by atoms with E-state index in [0.29, 0.717) is 18.0 Å². The molecule has 0 spiro atoms. The first-order valence-electron chi connectivity index (χ1n) is 8.35. The van der Waals surface area contributed by atoms with Gasteiger partial charge in [-0.1, -0.05) is 38.1 Å². The van der Waals surface area contributed by atoms with Gasteiger partial charge in [0, 0.05) is 36.8 Å². The minimum Gasteiger partial charge on any atom is -0.341 e. The van der Waals surface area contributed by atoms with Crippen LogP contribution in [0.5, 0.6) is 0 Å². The van der Waals surface area contributed by atoms with Crippen LogP contribution in [0.25, 0.3) is 0 Å². The van der Waals surface area contributed by atoms with Gasteiger partial charge in [-0.25, -0.2) is 0 Å². The first-order chi connectivity index (χ1) is 10.6. The highest BCUT2D eigenvalue weighted by molar-refractivity contribution is 7.99. The van der Waals surface area contributed by atoms with Crippen LogP contribution >= 0.6 is 11.8 Å². The van der Waals surface area contributed by atoms with Gasteiger partial charge in [0.25, 0.3) is 0 Å². The molecule has 0 aromatic heterocycles. The van der Waals surface area contributed by atoms with E-state index >= 15 is 0 Å². The number of likely N-dealkylation sites (tertiary alicyclic amines) is 1. The van der Waals surface area contributed by atoms with Crippen LogP contribution in [0, 0.1) is 5.92 Å². The standard InChI is InChI=1S/C18H26N2OS/c1-13(2)18(21)20-9-7-15(11-20)19-17-12-22-10-8-14-5-3-4-6-16(14)17/h3-6,13,15,17,19H,7-12H2,1-2H3/t15-,17-/m1/s1. The summed E-state index contributed by atoms with van der Waals surface area (Å²) in [7, 11) is 0. The second kappa shape index (κ2) is 7.05. The Hall–Kier alpha value is -1.00. The summed E-state index contributed by atoms with van der Waals surface area (Å²) in [5.41, 5.74) is 2.94. The maximum absolute atomic E-state index is 12.1. The number of fused-ring (bicyclic) bond motifs is 1. The molecule has 3 rings (SSSR count). The van der Waals surface area contributed by atoms with Crippen LogP contribution in [0.1, 0.15) is 37.4 Å². The van der Waals surface area contributed by atoms with Gasteiger partial charge in [0.1, 0.15) is 0 Å². The van der Waals surface area contributed by atoms with E-state index in [0.717, 1.165) is 25.3 Å². The molecule has 22 heavy (non-hydrogen) atoms. The lowest BCUT2D eigenvalue weighted by Crippen LogP contribution is -2.39. The molecule has 0 aliphatic carbocycles. The lowest BCUT2D eigenvalue weighted by Gasteiger charge is -2.24.